The predicted octanol–water partition coefficient (Wildman–Crippen LogP) is 4.55. The Morgan fingerprint density at radius 1 is 1.29 bits per heavy atom. The van der Waals surface area contributed by atoms with Crippen LogP contribution in [0.3, 0.4) is 0 Å². The van der Waals surface area contributed by atoms with Crippen molar-refractivity contribution in [1.82, 2.24) is 0 Å². The molecule has 1 aromatic heterocycles. The fourth-order valence-corrected chi connectivity index (χ4v) is 3.56. The Morgan fingerprint density at radius 2 is 2.24 bits per heavy atom. The van der Waals surface area contributed by atoms with E-state index < -0.39 is 0 Å². The van der Waals surface area contributed by atoms with Crippen LogP contribution in [0.4, 0.5) is 5.69 Å². The van der Waals surface area contributed by atoms with Crippen LogP contribution < -0.4 is 5.32 Å². The van der Waals surface area contributed by atoms with Crippen LogP contribution in [0, 0.1) is 6.92 Å². The fourth-order valence-electron chi connectivity index (χ4n) is 2.57. The van der Waals surface area contributed by atoms with E-state index in [1.807, 2.05) is 11.3 Å². The molecule has 0 saturated heterocycles. The standard InChI is InChI=1S/C15H17NS/c1-11-4-2-5-12(10-11)16-14-6-3-7-15-13(14)8-9-17-15/h2,4-5,8-10,14,16H,3,6-7H2,1H3. The third-order valence-electron chi connectivity index (χ3n) is 3.41. The molecule has 0 spiro atoms. The van der Waals surface area contributed by atoms with Crippen molar-refractivity contribution >= 4 is 17.0 Å². The lowest BCUT2D eigenvalue weighted by atomic mass is 9.94. The van der Waals surface area contributed by atoms with E-state index in [1.54, 1.807) is 4.88 Å². The summed E-state index contributed by atoms with van der Waals surface area (Å²) in [6.07, 6.45) is 3.81. The van der Waals surface area contributed by atoms with Crippen molar-refractivity contribution in [2.75, 3.05) is 5.32 Å². The van der Waals surface area contributed by atoms with Gasteiger partial charge in [-0.15, -0.1) is 11.3 Å². The molecule has 0 aliphatic heterocycles. The topological polar surface area (TPSA) is 12.0 Å². The number of nitrogens with one attached hydrogen (secondary N) is 1. The number of benzene rings is 1. The minimum Gasteiger partial charge on any atom is -0.378 e. The average Bonchev–Trinajstić information content (AvgIpc) is 2.78. The average molecular weight is 243 g/mol. The summed E-state index contributed by atoms with van der Waals surface area (Å²) in [6.45, 7) is 2.14. The van der Waals surface area contributed by atoms with Crippen molar-refractivity contribution in [3.05, 3.63) is 51.7 Å². The van der Waals surface area contributed by atoms with Gasteiger partial charge in [-0.25, -0.2) is 0 Å². The molecule has 1 aliphatic rings. The molecular weight excluding hydrogens is 226 g/mol. The summed E-state index contributed by atoms with van der Waals surface area (Å²) >= 11 is 1.90. The first kappa shape index (κ1) is 10.8. The van der Waals surface area contributed by atoms with Gasteiger partial charge in [-0.3, -0.25) is 0 Å². The van der Waals surface area contributed by atoms with Crippen molar-refractivity contribution in [3.8, 4) is 0 Å². The van der Waals surface area contributed by atoms with Crippen molar-refractivity contribution < 1.29 is 0 Å². The lowest BCUT2D eigenvalue weighted by Crippen LogP contribution is -2.15. The van der Waals surface area contributed by atoms with Crippen molar-refractivity contribution in [2.24, 2.45) is 0 Å². The number of anilines is 1. The summed E-state index contributed by atoms with van der Waals surface area (Å²) in [5, 5.41) is 5.89. The molecular formula is C15H17NS. The number of aryl methyl sites for hydroxylation is 2. The van der Waals surface area contributed by atoms with Gasteiger partial charge in [0, 0.05) is 10.6 Å². The molecule has 1 heterocycles. The predicted molar refractivity (Wildman–Crippen MR) is 74.8 cm³/mol. The second-order valence-corrected chi connectivity index (χ2v) is 5.76. The molecule has 0 fully saturated rings. The van der Waals surface area contributed by atoms with Gasteiger partial charge in [-0.05, 0) is 60.9 Å². The summed E-state index contributed by atoms with van der Waals surface area (Å²) in [5.74, 6) is 0. The highest BCUT2D eigenvalue weighted by atomic mass is 32.1. The Balaban J connectivity index is 1.84. The lowest BCUT2D eigenvalue weighted by molar-refractivity contribution is 0.609. The highest BCUT2D eigenvalue weighted by Gasteiger charge is 2.20. The third-order valence-corrected chi connectivity index (χ3v) is 4.41. The molecule has 1 aromatic carbocycles. The van der Waals surface area contributed by atoms with Gasteiger partial charge >= 0.3 is 0 Å². The molecule has 2 aromatic rings. The number of thiophene rings is 1. The van der Waals surface area contributed by atoms with E-state index in [-0.39, 0.29) is 0 Å². The first-order valence-corrected chi connectivity index (χ1v) is 7.10. The van der Waals surface area contributed by atoms with E-state index in [0.717, 1.165) is 0 Å². The molecule has 0 bridgehead atoms. The lowest BCUT2D eigenvalue weighted by Gasteiger charge is -2.24. The highest BCUT2D eigenvalue weighted by Crippen LogP contribution is 2.35. The summed E-state index contributed by atoms with van der Waals surface area (Å²) in [4.78, 5) is 1.57. The zero-order chi connectivity index (χ0) is 11.7. The molecule has 0 saturated carbocycles. The van der Waals surface area contributed by atoms with E-state index in [9.17, 15) is 0 Å². The largest absolute Gasteiger partial charge is 0.378 e. The van der Waals surface area contributed by atoms with E-state index in [1.165, 1.54) is 36.1 Å². The molecule has 17 heavy (non-hydrogen) atoms. The summed E-state index contributed by atoms with van der Waals surface area (Å²) in [5.41, 5.74) is 4.08. The van der Waals surface area contributed by atoms with Gasteiger partial charge in [0.25, 0.3) is 0 Å². The van der Waals surface area contributed by atoms with Gasteiger partial charge in [-0.2, -0.15) is 0 Å². The van der Waals surface area contributed by atoms with Crippen LogP contribution in [0.5, 0.6) is 0 Å². The van der Waals surface area contributed by atoms with Gasteiger partial charge in [0.05, 0.1) is 6.04 Å². The van der Waals surface area contributed by atoms with Crippen LogP contribution in [0.2, 0.25) is 0 Å². The van der Waals surface area contributed by atoms with Crippen LogP contribution in [0.15, 0.2) is 35.7 Å². The summed E-state index contributed by atoms with van der Waals surface area (Å²) in [7, 11) is 0. The van der Waals surface area contributed by atoms with Gasteiger partial charge in [0.15, 0.2) is 0 Å². The van der Waals surface area contributed by atoms with Gasteiger partial charge in [-0.1, -0.05) is 12.1 Å². The van der Waals surface area contributed by atoms with Crippen LogP contribution in [-0.4, -0.2) is 0 Å². The maximum absolute atomic E-state index is 3.67. The quantitative estimate of drug-likeness (QED) is 0.816. The maximum atomic E-state index is 3.67. The smallest absolute Gasteiger partial charge is 0.0524 e. The van der Waals surface area contributed by atoms with Gasteiger partial charge < -0.3 is 5.32 Å². The van der Waals surface area contributed by atoms with Crippen molar-refractivity contribution in [3.63, 3.8) is 0 Å². The number of hydrogen-bond acceptors (Lipinski definition) is 2. The molecule has 1 atom stereocenters. The molecule has 1 N–H and O–H groups in total. The Kier molecular flexibility index (Phi) is 2.89. The van der Waals surface area contributed by atoms with Crippen LogP contribution in [-0.2, 0) is 6.42 Å². The second kappa shape index (κ2) is 4.53. The Labute approximate surface area is 106 Å². The molecule has 1 unspecified atom stereocenters. The zero-order valence-corrected chi connectivity index (χ0v) is 10.9. The van der Waals surface area contributed by atoms with Crippen LogP contribution in [0.25, 0.3) is 0 Å². The fraction of sp³-hybridized carbons (Fsp3) is 0.333. The molecule has 3 rings (SSSR count). The van der Waals surface area contributed by atoms with Gasteiger partial charge in [0.1, 0.15) is 0 Å². The van der Waals surface area contributed by atoms with Crippen molar-refractivity contribution in [1.29, 1.82) is 0 Å². The van der Waals surface area contributed by atoms with Crippen LogP contribution >= 0.6 is 11.3 Å². The Hall–Kier alpha value is -1.28. The zero-order valence-electron chi connectivity index (χ0n) is 10.1. The summed E-state index contributed by atoms with van der Waals surface area (Å²) < 4.78 is 0. The highest BCUT2D eigenvalue weighted by molar-refractivity contribution is 7.10. The van der Waals surface area contributed by atoms with Crippen molar-refractivity contribution in [2.45, 2.75) is 32.2 Å². The first-order chi connectivity index (χ1) is 8.33. The molecule has 1 nitrogen and oxygen atoms in total. The number of hydrogen-bond donors (Lipinski definition) is 1. The van der Waals surface area contributed by atoms with E-state index >= 15 is 0 Å². The molecule has 0 radical (unpaired) electrons. The molecule has 88 valence electrons. The molecule has 2 heteroatoms. The number of fused-ring (bicyclic) bond motifs is 1. The maximum Gasteiger partial charge on any atom is 0.0524 e. The van der Waals surface area contributed by atoms with E-state index in [2.05, 4.69) is 48.0 Å². The third kappa shape index (κ3) is 2.22. The monoisotopic (exact) mass is 243 g/mol. The number of rotatable bonds is 2. The SMILES string of the molecule is Cc1cccc(NC2CCCc3sccc32)c1. The Morgan fingerprint density at radius 3 is 3.12 bits per heavy atom. The van der Waals surface area contributed by atoms with Gasteiger partial charge in [0.2, 0.25) is 0 Å². The molecule has 0 amide bonds. The minimum absolute atomic E-state index is 0.506. The Bertz CT molecular complexity index is 515. The summed E-state index contributed by atoms with van der Waals surface area (Å²) in [6, 6.07) is 11.4. The van der Waals surface area contributed by atoms with E-state index in [0.29, 0.717) is 6.04 Å². The first-order valence-electron chi connectivity index (χ1n) is 6.22. The van der Waals surface area contributed by atoms with Crippen LogP contribution in [0.1, 0.15) is 34.9 Å². The minimum atomic E-state index is 0.506. The normalized spacial score (nSPS) is 18.8. The van der Waals surface area contributed by atoms with E-state index in [4.69, 9.17) is 0 Å². The second-order valence-electron chi connectivity index (χ2n) is 4.76. The molecule has 1 aliphatic carbocycles.